The SMILES string of the molecule is C=CCOC(=O)C1=C(C)N=c2sc(=Cc3cccs3)c(=O)n2C1c1ccc(OCCCC)c(OC)c1. The number of esters is 1. The van der Waals surface area contributed by atoms with Crippen LogP contribution in [-0.4, -0.2) is 30.9 Å². The molecule has 9 heteroatoms. The smallest absolute Gasteiger partial charge is 0.338 e. The van der Waals surface area contributed by atoms with Gasteiger partial charge in [0.15, 0.2) is 16.3 Å². The van der Waals surface area contributed by atoms with E-state index in [9.17, 15) is 9.59 Å². The normalized spacial score (nSPS) is 15.3. The quantitative estimate of drug-likeness (QED) is 0.226. The number of aromatic nitrogens is 1. The van der Waals surface area contributed by atoms with E-state index in [0.29, 0.717) is 44.3 Å². The molecular weight excluding hydrogens is 496 g/mol. The van der Waals surface area contributed by atoms with Gasteiger partial charge in [0, 0.05) is 4.88 Å². The van der Waals surface area contributed by atoms with Crippen molar-refractivity contribution in [3.05, 3.63) is 89.8 Å². The molecule has 0 N–H and O–H groups in total. The average Bonchev–Trinajstić information content (AvgIpc) is 3.50. The molecule has 2 aromatic heterocycles. The van der Waals surface area contributed by atoms with E-state index in [1.54, 1.807) is 29.9 Å². The molecule has 3 aromatic rings. The number of fused-ring (bicyclic) bond motifs is 1. The molecule has 0 fully saturated rings. The molecule has 0 spiro atoms. The molecule has 0 saturated carbocycles. The molecule has 0 saturated heterocycles. The van der Waals surface area contributed by atoms with Crippen LogP contribution in [0.4, 0.5) is 0 Å². The van der Waals surface area contributed by atoms with Gasteiger partial charge in [-0.15, -0.1) is 11.3 Å². The third-order valence-electron chi connectivity index (χ3n) is 5.65. The second-order valence-electron chi connectivity index (χ2n) is 8.10. The predicted molar refractivity (Wildman–Crippen MR) is 143 cm³/mol. The van der Waals surface area contributed by atoms with Crippen molar-refractivity contribution in [3.8, 4) is 11.5 Å². The Balaban J connectivity index is 1.88. The van der Waals surface area contributed by atoms with Gasteiger partial charge in [-0.2, -0.15) is 0 Å². The number of ether oxygens (including phenoxy) is 3. The lowest BCUT2D eigenvalue weighted by atomic mass is 9.95. The van der Waals surface area contributed by atoms with E-state index >= 15 is 0 Å². The topological polar surface area (TPSA) is 79.1 Å². The number of unbranched alkanes of at least 4 members (excludes halogenated alkanes) is 1. The van der Waals surface area contributed by atoms with Crippen LogP contribution >= 0.6 is 22.7 Å². The highest BCUT2D eigenvalue weighted by molar-refractivity contribution is 7.11. The Morgan fingerprint density at radius 2 is 2.11 bits per heavy atom. The average molecular weight is 525 g/mol. The third-order valence-corrected chi connectivity index (χ3v) is 7.45. The highest BCUT2D eigenvalue weighted by Gasteiger charge is 2.34. The minimum absolute atomic E-state index is 0.0542. The molecule has 0 radical (unpaired) electrons. The first kappa shape index (κ1) is 25.7. The third kappa shape index (κ3) is 5.22. The van der Waals surface area contributed by atoms with Crippen molar-refractivity contribution in [1.29, 1.82) is 0 Å². The highest BCUT2D eigenvalue weighted by Crippen LogP contribution is 2.36. The second-order valence-corrected chi connectivity index (χ2v) is 10.1. The van der Waals surface area contributed by atoms with Crippen molar-refractivity contribution in [1.82, 2.24) is 4.57 Å². The fourth-order valence-corrected chi connectivity index (χ4v) is 5.68. The number of hydrogen-bond acceptors (Lipinski definition) is 8. The van der Waals surface area contributed by atoms with Crippen LogP contribution in [0.3, 0.4) is 0 Å². The number of methoxy groups -OCH3 is 1. The maximum absolute atomic E-state index is 13.6. The van der Waals surface area contributed by atoms with E-state index < -0.39 is 12.0 Å². The minimum atomic E-state index is -0.734. The number of thiazole rings is 1. The van der Waals surface area contributed by atoms with Gasteiger partial charge in [0.1, 0.15) is 6.61 Å². The van der Waals surface area contributed by atoms with Gasteiger partial charge >= 0.3 is 5.97 Å². The zero-order chi connectivity index (χ0) is 25.7. The van der Waals surface area contributed by atoms with Gasteiger partial charge in [-0.25, -0.2) is 9.79 Å². The number of allylic oxidation sites excluding steroid dienone is 1. The van der Waals surface area contributed by atoms with E-state index in [2.05, 4.69) is 18.5 Å². The van der Waals surface area contributed by atoms with Gasteiger partial charge in [-0.05, 0) is 48.6 Å². The standard InChI is InChI=1S/C27H28N2O5S2/c1-5-7-13-33-20-11-10-18(15-21(20)32-4)24-23(26(31)34-12-6-2)17(3)28-27-29(24)25(30)22(36-27)16-19-9-8-14-35-19/h6,8-11,14-16,24H,2,5,7,12-13H2,1,3-4H3. The number of carbonyl (C=O) groups is 1. The summed E-state index contributed by atoms with van der Waals surface area (Å²) in [5.41, 5.74) is 1.27. The largest absolute Gasteiger partial charge is 0.493 e. The molecule has 36 heavy (non-hydrogen) atoms. The Bertz CT molecular complexity index is 1460. The molecule has 0 amide bonds. The summed E-state index contributed by atoms with van der Waals surface area (Å²) in [6, 6.07) is 8.62. The fourth-order valence-electron chi connectivity index (χ4n) is 3.91. The monoisotopic (exact) mass is 524 g/mol. The summed E-state index contributed by atoms with van der Waals surface area (Å²) in [4.78, 5) is 32.9. The second kappa shape index (κ2) is 11.5. The summed E-state index contributed by atoms with van der Waals surface area (Å²) >= 11 is 2.84. The number of benzene rings is 1. The van der Waals surface area contributed by atoms with E-state index in [4.69, 9.17) is 14.2 Å². The maximum Gasteiger partial charge on any atom is 0.338 e. The molecule has 3 heterocycles. The molecule has 1 aromatic carbocycles. The van der Waals surface area contributed by atoms with Gasteiger partial charge in [-0.3, -0.25) is 9.36 Å². The van der Waals surface area contributed by atoms with Crippen molar-refractivity contribution >= 4 is 34.7 Å². The number of hydrogen-bond donors (Lipinski definition) is 0. The number of thiophene rings is 1. The molecule has 188 valence electrons. The first-order chi connectivity index (χ1) is 17.5. The summed E-state index contributed by atoms with van der Waals surface area (Å²) in [7, 11) is 1.57. The maximum atomic E-state index is 13.6. The number of rotatable bonds is 10. The van der Waals surface area contributed by atoms with Crippen LogP contribution in [0.5, 0.6) is 11.5 Å². The van der Waals surface area contributed by atoms with Gasteiger partial charge in [0.2, 0.25) is 0 Å². The Labute approximate surface area is 217 Å². The molecule has 7 nitrogen and oxygen atoms in total. The molecule has 1 unspecified atom stereocenters. The lowest BCUT2D eigenvalue weighted by Crippen LogP contribution is -2.40. The lowest BCUT2D eigenvalue weighted by Gasteiger charge is -2.25. The van der Waals surface area contributed by atoms with E-state index in [1.165, 1.54) is 17.4 Å². The van der Waals surface area contributed by atoms with Crippen molar-refractivity contribution in [2.45, 2.75) is 32.7 Å². The summed E-state index contributed by atoms with van der Waals surface area (Å²) < 4.78 is 19.0. The summed E-state index contributed by atoms with van der Waals surface area (Å²) in [5, 5.41) is 1.96. The fraction of sp³-hybridized carbons (Fsp3) is 0.296. The molecular formula is C27H28N2O5S2. The number of carbonyl (C=O) groups excluding carboxylic acids is 1. The van der Waals surface area contributed by atoms with Crippen molar-refractivity contribution in [3.63, 3.8) is 0 Å². The Kier molecular flexibility index (Phi) is 8.22. The van der Waals surface area contributed by atoms with Crippen LogP contribution in [0.1, 0.15) is 43.2 Å². The van der Waals surface area contributed by atoms with Gasteiger partial charge < -0.3 is 14.2 Å². The van der Waals surface area contributed by atoms with Gasteiger partial charge in [-0.1, -0.05) is 49.5 Å². The van der Waals surface area contributed by atoms with Crippen LogP contribution in [-0.2, 0) is 9.53 Å². The zero-order valence-electron chi connectivity index (χ0n) is 20.5. The first-order valence-electron chi connectivity index (χ1n) is 11.6. The zero-order valence-corrected chi connectivity index (χ0v) is 22.1. The molecule has 4 rings (SSSR count). The summed E-state index contributed by atoms with van der Waals surface area (Å²) in [6.07, 6.45) is 5.30. The Morgan fingerprint density at radius 3 is 2.81 bits per heavy atom. The van der Waals surface area contributed by atoms with Crippen molar-refractivity contribution in [2.75, 3.05) is 20.3 Å². The molecule has 1 aliphatic heterocycles. The molecule has 0 bridgehead atoms. The van der Waals surface area contributed by atoms with E-state index in [1.807, 2.05) is 41.8 Å². The van der Waals surface area contributed by atoms with Crippen molar-refractivity contribution < 1.29 is 19.0 Å². The van der Waals surface area contributed by atoms with Gasteiger partial charge in [0.25, 0.3) is 5.56 Å². The molecule has 0 aliphatic carbocycles. The summed E-state index contributed by atoms with van der Waals surface area (Å²) in [5.74, 6) is 0.588. The lowest BCUT2D eigenvalue weighted by molar-refractivity contribution is -0.138. The molecule has 1 aliphatic rings. The van der Waals surface area contributed by atoms with Crippen LogP contribution < -0.4 is 24.4 Å². The Hall–Kier alpha value is -3.43. The predicted octanol–water partition coefficient (Wildman–Crippen LogP) is 4.21. The van der Waals surface area contributed by atoms with E-state index in [-0.39, 0.29) is 12.2 Å². The van der Waals surface area contributed by atoms with Crippen LogP contribution in [0.25, 0.3) is 6.08 Å². The van der Waals surface area contributed by atoms with Crippen LogP contribution in [0.2, 0.25) is 0 Å². The molecule has 1 atom stereocenters. The summed E-state index contributed by atoms with van der Waals surface area (Å²) in [6.45, 7) is 8.10. The Morgan fingerprint density at radius 1 is 1.28 bits per heavy atom. The van der Waals surface area contributed by atoms with E-state index in [0.717, 1.165) is 17.7 Å². The van der Waals surface area contributed by atoms with Crippen LogP contribution in [0, 0.1) is 0 Å². The minimum Gasteiger partial charge on any atom is -0.493 e. The number of nitrogens with zero attached hydrogens (tertiary/aromatic N) is 2. The highest BCUT2D eigenvalue weighted by atomic mass is 32.1. The van der Waals surface area contributed by atoms with Gasteiger partial charge in [0.05, 0.1) is 35.6 Å². The first-order valence-corrected chi connectivity index (χ1v) is 13.3. The van der Waals surface area contributed by atoms with Crippen LogP contribution in [0.15, 0.2) is 69.4 Å². The van der Waals surface area contributed by atoms with Crippen molar-refractivity contribution in [2.24, 2.45) is 4.99 Å².